The molecule has 8 heteroatoms. The van der Waals surface area contributed by atoms with E-state index in [2.05, 4.69) is 42.3 Å². The lowest BCUT2D eigenvalue weighted by Gasteiger charge is -2.36. The molecule has 3 N–H and O–H groups in total. The van der Waals surface area contributed by atoms with Crippen LogP contribution in [0.3, 0.4) is 0 Å². The molecule has 0 saturated carbocycles. The summed E-state index contributed by atoms with van der Waals surface area (Å²) in [7, 11) is 0. The minimum atomic E-state index is -0.134. The Kier molecular flexibility index (Phi) is 6.76. The maximum Gasteiger partial charge on any atom is 0.184 e. The van der Waals surface area contributed by atoms with Gasteiger partial charge in [0.25, 0.3) is 0 Å². The first-order chi connectivity index (χ1) is 13.0. The predicted octanol–water partition coefficient (Wildman–Crippen LogP) is 3.08. The average molecular weight is 450 g/mol. The maximum atomic E-state index is 13.8. The highest BCUT2D eigenvalue weighted by atomic mass is 79.9. The van der Waals surface area contributed by atoms with Crippen LogP contribution in [0.15, 0.2) is 52.0 Å². The van der Waals surface area contributed by atoms with Crippen LogP contribution in [0.4, 0.5) is 10.1 Å². The van der Waals surface area contributed by atoms with Crippen molar-refractivity contribution in [3.05, 3.63) is 63.9 Å². The average Bonchev–Trinajstić information content (AvgIpc) is 2.64. The molecule has 3 rings (SSSR count). The van der Waals surface area contributed by atoms with Crippen LogP contribution < -0.4 is 16.1 Å². The van der Waals surface area contributed by atoms with E-state index in [9.17, 15) is 4.39 Å². The second-order valence-corrected chi connectivity index (χ2v) is 7.59. The monoisotopic (exact) mass is 449 g/mol. The van der Waals surface area contributed by atoms with Gasteiger partial charge in [-0.3, -0.25) is 10.3 Å². The van der Waals surface area contributed by atoms with Crippen LogP contribution in [0, 0.1) is 5.82 Å². The number of nitrogens with one attached hydrogen (secondary N) is 1. The van der Waals surface area contributed by atoms with Crippen LogP contribution in [0.2, 0.25) is 0 Å². The third-order valence-electron chi connectivity index (χ3n) is 4.42. The van der Waals surface area contributed by atoms with Crippen molar-refractivity contribution < 1.29 is 4.39 Å². The largest absolute Gasteiger partial charge is 0.375 e. The van der Waals surface area contributed by atoms with Crippen molar-refractivity contribution in [2.45, 2.75) is 6.54 Å². The molecule has 0 atom stereocenters. The Morgan fingerprint density at radius 3 is 2.63 bits per heavy atom. The van der Waals surface area contributed by atoms with Crippen LogP contribution in [-0.4, -0.2) is 42.4 Å². The molecule has 2 aromatic rings. The molecule has 142 valence electrons. The summed E-state index contributed by atoms with van der Waals surface area (Å²) in [5, 5.41) is 4.10. The molecule has 5 nitrogen and oxygen atoms in total. The summed E-state index contributed by atoms with van der Waals surface area (Å²) < 4.78 is 14.8. The lowest BCUT2D eigenvalue weighted by Crippen LogP contribution is -2.46. The molecule has 2 aromatic carbocycles. The van der Waals surface area contributed by atoms with Crippen molar-refractivity contribution in [2.75, 3.05) is 31.1 Å². The maximum absolute atomic E-state index is 13.8. The van der Waals surface area contributed by atoms with Gasteiger partial charge in [0.15, 0.2) is 5.11 Å². The minimum Gasteiger partial charge on any atom is -0.375 e. The number of anilines is 1. The molecular formula is C19H21BrFN5S. The number of nitrogens with two attached hydrogens (primary N) is 1. The van der Waals surface area contributed by atoms with Crippen LogP contribution in [0.5, 0.6) is 0 Å². The summed E-state index contributed by atoms with van der Waals surface area (Å²) in [5.74, 6) is -0.134. The molecule has 0 amide bonds. The molecule has 0 spiro atoms. The van der Waals surface area contributed by atoms with Crippen molar-refractivity contribution in [2.24, 2.45) is 10.8 Å². The lowest BCUT2D eigenvalue weighted by molar-refractivity contribution is 0.246. The Bertz CT molecular complexity index is 837. The first-order valence-corrected chi connectivity index (χ1v) is 9.82. The van der Waals surface area contributed by atoms with E-state index in [1.54, 1.807) is 12.3 Å². The van der Waals surface area contributed by atoms with Gasteiger partial charge >= 0.3 is 0 Å². The zero-order chi connectivity index (χ0) is 19.2. The zero-order valence-corrected chi connectivity index (χ0v) is 17.1. The predicted molar refractivity (Wildman–Crippen MR) is 116 cm³/mol. The summed E-state index contributed by atoms with van der Waals surface area (Å²) in [6.45, 7) is 4.21. The molecule has 0 radical (unpaired) electrons. The molecule has 1 aliphatic rings. The smallest absolute Gasteiger partial charge is 0.184 e. The lowest BCUT2D eigenvalue weighted by atomic mass is 10.1. The van der Waals surface area contributed by atoms with Crippen molar-refractivity contribution in [1.82, 2.24) is 10.3 Å². The molecule has 1 heterocycles. The number of hydrogen-bond donors (Lipinski definition) is 2. The van der Waals surface area contributed by atoms with Gasteiger partial charge in [0.1, 0.15) is 5.82 Å². The fraction of sp³-hybridized carbons (Fsp3) is 0.263. The Morgan fingerprint density at radius 1 is 1.22 bits per heavy atom. The molecule has 0 aromatic heterocycles. The van der Waals surface area contributed by atoms with Gasteiger partial charge in [0.2, 0.25) is 0 Å². The molecule has 1 saturated heterocycles. The van der Waals surface area contributed by atoms with Gasteiger partial charge in [-0.15, -0.1) is 0 Å². The van der Waals surface area contributed by atoms with E-state index in [0.29, 0.717) is 6.54 Å². The summed E-state index contributed by atoms with van der Waals surface area (Å²) in [6, 6.07) is 13.0. The Hall–Kier alpha value is -2.03. The summed E-state index contributed by atoms with van der Waals surface area (Å²) in [6.07, 6.45) is 1.67. The summed E-state index contributed by atoms with van der Waals surface area (Å²) >= 11 is 8.36. The Labute approximate surface area is 172 Å². The van der Waals surface area contributed by atoms with E-state index in [4.69, 9.17) is 18.0 Å². The molecule has 0 bridgehead atoms. The first kappa shape index (κ1) is 19.7. The normalized spacial score (nSPS) is 15.3. The third kappa shape index (κ3) is 5.47. The topological polar surface area (TPSA) is 56.9 Å². The van der Waals surface area contributed by atoms with Crippen LogP contribution in [0.1, 0.15) is 11.1 Å². The number of hydrazone groups is 1. The van der Waals surface area contributed by atoms with Gasteiger partial charge < -0.3 is 10.6 Å². The number of thiocarbonyl (C=S) groups is 1. The van der Waals surface area contributed by atoms with Crippen LogP contribution in [0.25, 0.3) is 0 Å². The molecule has 1 fully saturated rings. The van der Waals surface area contributed by atoms with Crippen molar-refractivity contribution in [1.29, 1.82) is 0 Å². The van der Waals surface area contributed by atoms with E-state index in [-0.39, 0.29) is 10.9 Å². The fourth-order valence-electron chi connectivity index (χ4n) is 3.04. The number of nitrogens with zero attached hydrogens (tertiary/aromatic N) is 3. The zero-order valence-electron chi connectivity index (χ0n) is 14.7. The van der Waals surface area contributed by atoms with Crippen LogP contribution >= 0.6 is 28.1 Å². The summed E-state index contributed by atoms with van der Waals surface area (Å²) in [4.78, 5) is 4.61. The molecule has 1 aliphatic heterocycles. The number of halogens is 2. The van der Waals surface area contributed by atoms with Gasteiger partial charge in [0, 0.05) is 42.8 Å². The minimum absolute atomic E-state index is 0.134. The SMILES string of the molecule is NC(=S)N/N=C/c1ccc(N2CCN(Cc3ccccc3F)CC2)c(Br)c1. The van der Waals surface area contributed by atoms with Gasteiger partial charge in [-0.25, -0.2) is 4.39 Å². The van der Waals surface area contributed by atoms with Crippen molar-refractivity contribution in [3.63, 3.8) is 0 Å². The van der Waals surface area contributed by atoms with E-state index in [1.165, 1.54) is 6.07 Å². The van der Waals surface area contributed by atoms with E-state index in [1.807, 2.05) is 24.3 Å². The van der Waals surface area contributed by atoms with E-state index in [0.717, 1.165) is 47.5 Å². The number of rotatable bonds is 5. The van der Waals surface area contributed by atoms with E-state index < -0.39 is 0 Å². The quantitative estimate of drug-likeness (QED) is 0.417. The van der Waals surface area contributed by atoms with Gasteiger partial charge in [-0.1, -0.05) is 24.3 Å². The highest BCUT2D eigenvalue weighted by Crippen LogP contribution is 2.28. The molecular weight excluding hydrogens is 429 g/mol. The van der Waals surface area contributed by atoms with Gasteiger partial charge in [0.05, 0.1) is 11.9 Å². The van der Waals surface area contributed by atoms with E-state index >= 15 is 0 Å². The van der Waals surface area contributed by atoms with Crippen LogP contribution in [-0.2, 0) is 6.54 Å². The molecule has 0 aliphatic carbocycles. The second kappa shape index (κ2) is 9.25. The Morgan fingerprint density at radius 2 is 1.96 bits per heavy atom. The summed E-state index contributed by atoms with van der Waals surface area (Å²) in [5.41, 5.74) is 10.7. The highest BCUT2D eigenvalue weighted by Gasteiger charge is 2.19. The molecule has 27 heavy (non-hydrogen) atoms. The first-order valence-electron chi connectivity index (χ1n) is 8.61. The number of benzene rings is 2. The number of hydrogen-bond acceptors (Lipinski definition) is 4. The Balaban J connectivity index is 1.58. The third-order valence-corrected chi connectivity index (χ3v) is 5.15. The fourth-order valence-corrected chi connectivity index (χ4v) is 3.74. The standard InChI is InChI=1S/C19H21BrFN5S/c20-16-11-14(12-23-24-19(22)27)5-6-18(16)26-9-7-25(8-10-26)13-15-3-1-2-4-17(15)21/h1-6,11-12H,7-10,13H2,(H3,22,24,27)/b23-12+. The van der Waals surface area contributed by atoms with Crippen molar-refractivity contribution in [3.8, 4) is 0 Å². The second-order valence-electron chi connectivity index (χ2n) is 6.30. The van der Waals surface area contributed by atoms with Gasteiger partial charge in [-0.2, -0.15) is 5.10 Å². The molecule has 0 unspecified atom stereocenters. The number of piperazine rings is 1. The van der Waals surface area contributed by atoms with Gasteiger partial charge in [-0.05, 0) is 51.9 Å². The highest BCUT2D eigenvalue weighted by molar-refractivity contribution is 9.10. The van der Waals surface area contributed by atoms with Crippen molar-refractivity contribution >= 4 is 45.2 Å².